The maximum Gasteiger partial charge on any atom is 0.327 e. The van der Waals surface area contributed by atoms with Gasteiger partial charge in [-0.2, -0.15) is 5.06 Å². The lowest BCUT2D eigenvalue weighted by Crippen LogP contribution is -2.69. The number of esters is 2. The molecule has 2 saturated carbocycles. The molecule has 3 unspecified atom stereocenters. The molecule has 0 spiro atoms. The minimum atomic E-state index is -1.36. The number of hydrogen-bond donors (Lipinski definition) is 3. The van der Waals surface area contributed by atoms with E-state index in [1.807, 2.05) is 18.2 Å². The molecule has 2 aromatic carbocycles. The summed E-state index contributed by atoms with van der Waals surface area (Å²) in [7, 11) is 0. The Balaban J connectivity index is 1.00. The molecular formula is C52H71N3O11. The number of nitrogens with one attached hydrogen (secondary N) is 2. The Labute approximate surface area is 389 Å². The number of carbonyl (C=O) groups is 4. The second-order valence-electron chi connectivity index (χ2n) is 20.5. The van der Waals surface area contributed by atoms with Crippen molar-refractivity contribution in [2.24, 2.45) is 11.3 Å². The van der Waals surface area contributed by atoms with Gasteiger partial charge in [0.1, 0.15) is 35.4 Å². The molecule has 14 nitrogen and oxygen atoms in total. The monoisotopic (exact) mass is 914 g/mol. The van der Waals surface area contributed by atoms with Crippen LogP contribution in [0.3, 0.4) is 0 Å². The summed E-state index contributed by atoms with van der Waals surface area (Å²) < 4.78 is 31.4. The predicted octanol–water partition coefficient (Wildman–Crippen LogP) is 7.24. The number of amides is 2. The van der Waals surface area contributed by atoms with E-state index >= 15 is 4.79 Å². The number of epoxide rings is 1. The van der Waals surface area contributed by atoms with E-state index in [1.54, 1.807) is 44.0 Å². The van der Waals surface area contributed by atoms with Crippen molar-refractivity contribution in [1.29, 1.82) is 0 Å². The molecule has 3 N–H and O–H groups in total. The number of ether oxygens (including phenoxy) is 5. The predicted molar refractivity (Wildman–Crippen MR) is 245 cm³/mol. The minimum Gasteiger partial charge on any atom is -0.460 e. The van der Waals surface area contributed by atoms with Crippen molar-refractivity contribution in [3.05, 3.63) is 76.9 Å². The van der Waals surface area contributed by atoms with Gasteiger partial charge in [0.2, 0.25) is 5.91 Å². The van der Waals surface area contributed by atoms with Crippen LogP contribution in [0.25, 0.3) is 6.08 Å². The van der Waals surface area contributed by atoms with Crippen LogP contribution >= 0.6 is 0 Å². The van der Waals surface area contributed by atoms with Gasteiger partial charge >= 0.3 is 11.9 Å². The number of aliphatic hydroxyl groups is 1. The summed E-state index contributed by atoms with van der Waals surface area (Å²) in [6.07, 6.45) is 13.7. The largest absolute Gasteiger partial charge is 0.460 e. The van der Waals surface area contributed by atoms with E-state index in [1.165, 1.54) is 0 Å². The normalized spacial score (nSPS) is 30.0. The van der Waals surface area contributed by atoms with E-state index in [9.17, 15) is 19.5 Å². The first-order valence-electron chi connectivity index (χ1n) is 24.7. The Morgan fingerprint density at radius 3 is 2.38 bits per heavy atom. The minimum absolute atomic E-state index is 0.0349. The highest BCUT2D eigenvalue weighted by Gasteiger charge is 2.76. The lowest BCUT2D eigenvalue weighted by Gasteiger charge is -2.48. The molecule has 14 heteroatoms. The molecule has 66 heavy (non-hydrogen) atoms. The van der Waals surface area contributed by atoms with Crippen LogP contribution in [0.5, 0.6) is 0 Å². The lowest BCUT2D eigenvalue weighted by atomic mass is 9.62. The average Bonchev–Trinajstić information content (AvgIpc) is 3.84. The lowest BCUT2D eigenvalue weighted by molar-refractivity contribution is -0.224. The molecule has 4 heterocycles. The molecule has 6 fully saturated rings. The summed E-state index contributed by atoms with van der Waals surface area (Å²) in [5.74, 6) is -2.10. The van der Waals surface area contributed by atoms with E-state index in [4.69, 9.17) is 28.5 Å². The molecule has 4 saturated heterocycles. The molecule has 8 rings (SSSR count). The van der Waals surface area contributed by atoms with Gasteiger partial charge in [0.05, 0.1) is 31.4 Å². The standard InChI is InChI=1S/C52H71N3O11/c1-6-8-10-25-51(26-11-9-7-2)64-43-41-29-52(49(60)53-30-36-13-12-14-37(27-36)47(58)54-38(32-56)22-24-42(57)63-50(3,4)5)45(48(59)62-41)55(66-46(52)44(43)65-51)31-35-19-16-33(17-20-35)15-18-34-21-23-39-40(28-34)61-39/h12-20,27,34,38-41,43-46,56H,6-11,21-26,28-32H2,1-5H3,(H,53,60)(H,54,58)/t34?,38-,39?,40?,41+,43-,44-,45+,46+,52+/m0/s1. The van der Waals surface area contributed by atoms with Crippen LogP contribution < -0.4 is 10.6 Å². The quantitative estimate of drug-likeness (QED) is 0.0652. The average molecular weight is 914 g/mol. The van der Waals surface area contributed by atoms with Crippen LogP contribution in [0.1, 0.15) is 152 Å². The fraction of sp³-hybridized carbons (Fsp3) is 0.654. The van der Waals surface area contributed by atoms with Gasteiger partial charge in [-0.3, -0.25) is 24.0 Å². The number of fused-ring (bicyclic) bond motifs is 5. The molecule has 10 atom stereocenters. The third-order valence-corrected chi connectivity index (χ3v) is 14.2. The van der Waals surface area contributed by atoms with Crippen LogP contribution in [0.4, 0.5) is 0 Å². The van der Waals surface area contributed by atoms with Gasteiger partial charge in [-0.05, 0) is 94.0 Å². The number of allylic oxidation sites excluding steroid dienone is 1. The Morgan fingerprint density at radius 2 is 1.68 bits per heavy atom. The first-order valence-corrected chi connectivity index (χ1v) is 24.7. The van der Waals surface area contributed by atoms with Crippen molar-refractivity contribution in [1.82, 2.24) is 15.7 Å². The van der Waals surface area contributed by atoms with Gasteiger partial charge < -0.3 is 39.4 Å². The molecule has 0 radical (unpaired) electrons. The smallest absolute Gasteiger partial charge is 0.327 e. The summed E-state index contributed by atoms with van der Waals surface area (Å²) in [5, 5.41) is 17.6. The highest BCUT2D eigenvalue weighted by atomic mass is 16.8. The Hall–Kier alpha value is -4.18. The van der Waals surface area contributed by atoms with Gasteiger partial charge in [0.15, 0.2) is 11.8 Å². The third-order valence-electron chi connectivity index (χ3n) is 14.2. The Bertz CT molecular complexity index is 2060. The fourth-order valence-electron chi connectivity index (χ4n) is 10.8. The molecule has 360 valence electrons. The molecular weight excluding hydrogens is 843 g/mol. The highest BCUT2D eigenvalue weighted by molar-refractivity contribution is 5.95. The van der Waals surface area contributed by atoms with Crippen LogP contribution in [0.15, 0.2) is 54.6 Å². The Kier molecular flexibility index (Phi) is 15.1. The van der Waals surface area contributed by atoms with E-state index < -0.39 is 71.1 Å². The third kappa shape index (κ3) is 10.9. The molecule has 2 amide bonds. The van der Waals surface area contributed by atoms with Crippen molar-refractivity contribution in [2.45, 2.75) is 198 Å². The molecule has 4 aliphatic heterocycles. The first-order chi connectivity index (χ1) is 31.7. The van der Waals surface area contributed by atoms with Crippen molar-refractivity contribution in [3.8, 4) is 0 Å². The maximum absolute atomic E-state index is 15.1. The van der Waals surface area contributed by atoms with Gasteiger partial charge in [0, 0.05) is 37.8 Å². The molecule has 2 bridgehead atoms. The Morgan fingerprint density at radius 1 is 0.939 bits per heavy atom. The fourth-order valence-corrected chi connectivity index (χ4v) is 10.8. The van der Waals surface area contributed by atoms with Gasteiger partial charge in [-0.25, -0.2) is 0 Å². The zero-order valence-electron chi connectivity index (χ0n) is 39.5. The molecule has 0 aromatic heterocycles. The van der Waals surface area contributed by atoms with Crippen molar-refractivity contribution in [3.63, 3.8) is 0 Å². The van der Waals surface area contributed by atoms with Crippen LogP contribution in [-0.4, -0.2) is 101 Å². The van der Waals surface area contributed by atoms with Crippen molar-refractivity contribution < 1.29 is 52.8 Å². The summed E-state index contributed by atoms with van der Waals surface area (Å²) in [4.78, 5) is 62.1. The van der Waals surface area contributed by atoms with Crippen LogP contribution in [-0.2, 0) is 56.0 Å². The van der Waals surface area contributed by atoms with Crippen LogP contribution in [0, 0.1) is 11.3 Å². The zero-order chi connectivity index (χ0) is 46.6. The van der Waals surface area contributed by atoms with E-state index in [2.05, 4.69) is 48.8 Å². The first kappa shape index (κ1) is 48.3. The molecule has 2 aromatic rings. The number of unbranched alkanes of at least 4 members (excludes halogenated alkanes) is 4. The number of rotatable bonds is 21. The maximum atomic E-state index is 15.1. The second kappa shape index (κ2) is 20.6. The number of nitrogens with zero attached hydrogens (tertiary/aromatic N) is 1. The summed E-state index contributed by atoms with van der Waals surface area (Å²) in [5.41, 5.74) is 0.981. The summed E-state index contributed by atoms with van der Waals surface area (Å²) in [6.45, 7) is 9.63. The number of hydrogen-bond acceptors (Lipinski definition) is 12. The highest BCUT2D eigenvalue weighted by Crippen LogP contribution is 2.58. The van der Waals surface area contributed by atoms with Crippen molar-refractivity contribution >= 4 is 29.8 Å². The van der Waals surface area contributed by atoms with Gasteiger partial charge in [-0.15, -0.1) is 0 Å². The van der Waals surface area contributed by atoms with E-state index in [0.29, 0.717) is 42.1 Å². The summed E-state index contributed by atoms with van der Waals surface area (Å²) in [6, 6.07) is 13.4. The number of benzene rings is 2. The van der Waals surface area contributed by atoms with E-state index in [0.717, 1.165) is 68.9 Å². The topological polar surface area (TPSA) is 174 Å². The zero-order valence-corrected chi connectivity index (χ0v) is 39.5. The van der Waals surface area contributed by atoms with Gasteiger partial charge in [0.25, 0.3) is 5.91 Å². The van der Waals surface area contributed by atoms with Crippen molar-refractivity contribution in [2.75, 3.05) is 6.61 Å². The number of hydroxylamine groups is 2. The molecule has 6 aliphatic rings. The van der Waals surface area contributed by atoms with Gasteiger partial charge in [-0.1, -0.05) is 88.1 Å². The SMILES string of the molecule is CCCCCC1(CCCCC)O[C@@H]2[C@H](O1)[C@H]1ON(Cc3ccc(C=CC4CCC5OC5C4)cc3)[C@@H]3C(=O)O[C@@H]2C[C@]13C(=O)NCc1cccc(C(=O)N[C@H](CO)CCC(=O)OC(C)(C)C)c1. The molecule has 2 aliphatic carbocycles. The van der Waals surface area contributed by atoms with E-state index in [-0.39, 0.29) is 44.9 Å². The summed E-state index contributed by atoms with van der Waals surface area (Å²) >= 11 is 0. The number of aliphatic hydroxyl groups excluding tert-OH is 1. The number of carbonyl (C=O) groups excluding carboxylic acids is 4. The van der Waals surface area contributed by atoms with Crippen LogP contribution in [0.2, 0.25) is 0 Å². The second-order valence-corrected chi connectivity index (χ2v) is 20.5.